The van der Waals surface area contributed by atoms with E-state index in [1.165, 1.54) is 38.5 Å². The second kappa shape index (κ2) is 4.51. The SMILES string of the molecule is CCC(C1C2CC3CC(C2)CC1C3)n1nc(C)cc1N. The quantitative estimate of drug-likeness (QED) is 0.910. The van der Waals surface area contributed by atoms with Gasteiger partial charge in [-0.3, -0.25) is 0 Å². The van der Waals surface area contributed by atoms with Gasteiger partial charge in [-0.1, -0.05) is 6.92 Å². The molecule has 20 heavy (non-hydrogen) atoms. The molecule has 0 aromatic carbocycles. The standard InChI is InChI=1S/C17H27N3/c1-3-15(20-16(18)4-10(2)19-20)17-13-6-11-5-12(8-13)9-14(17)7-11/h4,11-15,17H,3,5-9,18H2,1-2H3. The van der Waals surface area contributed by atoms with Crippen LogP contribution >= 0.6 is 0 Å². The molecule has 3 heteroatoms. The van der Waals surface area contributed by atoms with Gasteiger partial charge in [-0.25, -0.2) is 4.68 Å². The molecule has 0 radical (unpaired) electrons. The summed E-state index contributed by atoms with van der Waals surface area (Å²) < 4.78 is 2.16. The molecular formula is C17H27N3. The molecule has 1 unspecified atom stereocenters. The maximum absolute atomic E-state index is 6.21. The third-order valence-corrected chi connectivity index (χ3v) is 6.36. The van der Waals surface area contributed by atoms with Crippen molar-refractivity contribution in [1.82, 2.24) is 9.78 Å². The summed E-state index contributed by atoms with van der Waals surface area (Å²) in [4.78, 5) is 0. The first-order valence-corrected chi connectivity index (χ1v) is 8.47. The molecule has 0 saturated heterocycles. The van der Waals surface area contributed by atoms with E-state index in [0.29, 0.717) is 6.04 Å². The third kappa shape index (κ3) is 1.82. The fraction of sp³-hybridized carbons (Fsp3) is 0.824. The molecule has 110 valence electrons. The molecule has 1 aromatic heterocycles. The Morgan fingerprint density at radius 1 is 1.20 bits per heavy atom. The minimum atomic E-state index is 0.527. The molecule has 4 saturated carbocycles. The van der Waals surface area contributed by atoms with Crippen LogP contribution < -0.4 is 5.73 Å². The number of aromatic nitrogens is 2. The van der Waals surface area contributed by atoms with Gasteiger partial charge in [-0.05, 0) is 75.0 Å². The van der Waals surface area contributed by atoms with Gasteiger partial charge in [0, 0.05) is 6.07 Å². The predicted octanol–water partition coefficient (Wildman–Crippen LogP) is 3.80. The van der Waals surface area contributed by atoms with Gasteiger partial charge in [0.1, 0.15) is 5.82 Å². The van der Waals surface area contributed by atoms with Crippen LogP contribution in [0.1, 0.15) is 57.2 Å². The van der Waals surface area contributed by atoms with Crippen molar-refractivity contribution in [3.05, 3.63) is 11.8 Å². The highest BCUT2D eigenvalue weighted by atomic mass is 15.3. The van der Waals surface area contributed by atoms with Crippen molar-refractivity contribution in [1.29, 1.82) is 0 Å². The summed E-state index contributed by atoms with van der Waals surface area (Å²) >= 11 is 0. The lowest BCUT2D eigenvalue weighted by atomic mass is 9.50. The number of aryl methyl sites for hydroxylation is 1. The topological polar surface area (TPSA) is 43.8 Å². The molecule has 3 nitrogen and oxygen atoms in total. The van der Waals surface area contributed by atoms with Crippen molar-refractivity contribution in [2.24, 2.45) is 29.6 Å². The van der Waals surface area contributed by atoms with Crippen LogP contribution in [0.4, 0.5) is 5.82 Å². The average molecular weight is 273 g/mol. The van der Waals surface area contributed by atoms with Crippen LogP contribution in [0.2, 0.25) is 0 Å². The first-order valence-electron chi connectivity index (χ1n) is 8.47. The van der Waals surface area contributed by atoms with Crippen molar-refractivity contribution in [3.63, 3.8) is 0 Å². The highest BCUT2D eigenvalue weighted by Gasteiger charge is 2.50. The molecule has 1 heterocycles. The maximum atomic E-state index is 6.21. The van der Waals surface area contributed by atoms with Crippen molar-refractivity contribution in [2.75, 3.05) is 5.73 Å². The molecule has 4 bridgehead atoms. The summed E-state index contributed by atoms with van der Waals surface area (Å²) in [5, 5.41) is 4.71. The van der Waals surface area contributed by atoms with Gasteiger partial charge in [-0.15, -0.1) is 0 Å². The molecule has 1 aromatic rings. The van der Waals surface area contributed by atoms with Gasteiger partial charge in [0.05, 0.1) is 11.7 Å². The minimum Gasteiger partial charge on any atom is -0.384 e. The van der Waals surface area contributed by atoms with E-state index in [0.717, 1.165) is 41.1 Å². The van der Waals surface area contributed by atoms with Crippen molar-refractivity contribution in [2.45, 2.75) is 58.4 Å². The average Bonchev–Trinajstić information content (AvgIpc) is 2.72. The zero-order chi connectivity index (χ0) is 13.9. The smallest absolute Gasteiger partial charge is 0.122 e. The Kier molecular flexibility index (Phi) is 2.87. The largest absolute Gasteiger partial charge is 0.384 e. The van der Waals surface area contributed by atoms with Crippen molar-refractivity contribution < 1.29 is 0 Å². The molecule has 4 fully saturated rings. The second-order valence-electron chi connectivity index (χ2n) is 7.64. The molecular weight excluding hydrogens is 246 g/mol. The van der Waals surface area contributed by atoms with Crippen LogP contribution in [0.5, 0.6) is 0 Å². The van der Waals surface area contributed by atoms with Gasteiger partial charge < -0.3 is 5.73 Å². The third-order valence-electron chi connectivity index (χ3n) is 6.36. The van der Waals surface area contributed by atoms with Crippen molar-refractivity contribution >= 4 is 5.82 Å². The van der Waals surface area contributed by atoms with Gasteiger partial charge in [0.2, 0.25) is 0 Å². The van der Waals surface area contributed by atoms with E-state index in [1.807, 2.05) is 6.07 Å². The van der Waals surface area contributed by atoms with Gasteiger partial charge >= 0.3 is 0 Å². The van der Waals surface area contributed by atoms with E-state index < -0.39 is 0 Å². The van der Waals surface area contributed by atoms with Crippen LogP contribution in [0.15, 0.2) is 6.07 Å². The van der Waals surface area contributed by atoms with Crippen LogP contribution in [-0.2, 0) is 0 Å². The lowest BCUT2D eigenvalue weighted by molar-refractivity contribution is -0.0606. The number of nitrogens with zero attached hydrogens (tertiary/aromatic N) is 2. The highest BCUT2D eigenvalue weighted by Crippen LogP contribution is 2.59. The van der Waals surface area contributed by atoms with E-state index in [9.17, 15) is 0 Å². The number of anilines is 1. The highest BCUT2D eigenvalue weighted by molar-refractivity contribution is 5.31. The monoisotopic (exact) mass is 273 g/mol. The lowest BCUT2D eigenvalue weighted by Gasteiger charge is -2.56. The summed E-state index contributed by atoms with van der Waals surface area (Å²) in [6, 6.07) is 2.55. The minimum absolute atomic E-state index is 0.527. The van der Waals surface area contributed by atoms with Gasteiger partial charge in [-0.2, -0.15) is 5.10 Å². The first kappa shape index (κ1) is 12.7. The summed E-state index contributed by atoms with van der Waals surface area (Å²) in [5.41, 5.74) is 7.27. The molecule has 5 rings (SSSR count). The van der Waals surface area contributed by atoms with E-state index in [1.54, 1.807) is 0 Å². The van der Waals surface area contributed by atoms with Crippen LogP contribution in [0, 0.1) is 36.5 Å². The fourth-order valence-corrected chi connectivity index (χ4v) is 6.01. The molecule has 4 aliphatic carbocycles. The Morgan fingerprint density at radius 3 is 2.25 bits per heavy atom. The van der Waals surface area contributed by atoms with E-state index in [-0.39, 0.29) is 0 Å². The Morgan fingerprint density at radius 2 is 1.80 bits per heavy atom. The van der Waals surface area contributed by atoms with Gasteiger partial charge in [0.25, 0.3) is 0 Å². The lowest BCUT2D eigenvalue weighted by Crippen LogP contribution is -2.48. The number of rotatable bonds is 3. The summed E-state index contributed by atoms with van der Waals surface area (Å²) in [6.07, 6.45) is 8.61. The predicted molar refractivity (Wildman–Crippen MR) is 81.2 cm³/mol. The molecule has 4 aliphatic rings. The van der Waals surface area contributed by atoms with Crippen LogP contribution in [-0.4, -0.2) is 9.78 Å². The first-order chi connectivity index (χ1) is 9.65. The Labute approximate surface area is 121 Å². The van der Waals surface area contributed by atoms with E-state index >= 15 is 0 Å². The van der Waals surface area contributed by atoms with Crippen LogP contribution in [0.3, 0.4) is 0 Å². The zero-order valence-corrected chi connectivity index (χ0v) is 12.8. The second-order valence-corrected chi connectivity index (χ2v) is 7.64. The Balaban J connectivity index is 1.66. The normalized spacial score (nSPS) is 40.2. The van der Waals surface area contributed by atoms with E-state index in [2.05, 4.69) is 18.5 Å². The fourth-order valence-electron chi connectivity index (χ4n) is 6.01. The number of hydrogen-bond donors (Lipinski definition) is 1. The zero-order valence-electron chi connectivity index (χ0n) is 12.8. The molecule has 0 spiro atoms. The number of nitrogen functional groups attached to an aromatic ring is 1. The molecule has 1 atom stereocenters. The number of nitrogens with two attached hydrogens (primary N) is 1. The molecule has 0 amide bonds. The maximum Gasteiger partial charge on any atom is 0.122 e. The summed E-state index contributed by atoms with van der Waals surface area (Å²) in [5.74, 6) is 5.67. The number of hydrogen-bond acceptors (Lipinski definition) is 2. The molecule has 2 N–H and O–H groups in total. The summed E-state index contributed by atoms with van der Waals surface area (Å²) in [6.45, 7) is 4.36. The van der Waals surface area contributed by atoms with Crippen molar-refractivity contribution in [3.8, 4) is 0 Å². The van der Waals surface area contributed by atoms with Crippen LogP contribution in [0.25, 0.3) is 0 Å². The molecule has 0 aliphatic heterocycles. The van der Waals surface area contributed by atoms with Gasteiger partial charge in [0.15, 0.2) is 0 Å². The Bertz CT molecular complexity index is 476. The summed E-state index contributed by atoms with van der Waals surface area (Å²) in [7, 11) is 0. The Hall–Kier alpha value is -0.990. The van der Waals surface area contributed by atoms with E-state index in [4.69, 9.17) is 10.8 Å².